The number of benzene rings is 2. The Morgan fingerprint density at radius 2 is 1.71 bits per heavy atom. The van der Waals surface area contributed by atoms with Gasteiger partial charge in [-0.1, -0.05) is 0 Å². The normalized spacial score (nSPS) is 15.0. The van der Waals surface area contributed by atoms with E-state index in [0.717, 1.165) is 24.3 Å². The molecule has 1 aliphatic heterocycles. The van der Waals surface area contributed by atoms with Crippen LogP contribution in [0.15, 0.2) is 48.8 Å². The molecule has 5 aromatic rings. The van der Waals surface area contributed by atoms with Crippen LogP contribution in [0.25, 0.3) is 22.1 Å². The van der Waals surface area contributed by atoms with Gasteiger partial charge >= 0.3 is 0 Å². The minimum atomic E-state index is -1.28. The molecule has 1 atom stereocenters. The van der Waals surface area contributed by atoms with Crippen molar-refractivity contribution in [3.63, 3.8) is 0 Å². The van der Waals surface area contributed by atoms with E-state index in [1.54, 1.807) is 31.5 Å². The van der Waals surface area contributed by atoms with Crippen LogP contribution in [0.4, 0.5) is 18.9 Å². The summed E-state index contributed by atoms with van der Waals surface area (Å²) in [6, 6.07) is 9.77. The number of H-pyrrole nitrogens is 1. The number of halogens is 3. The number of carbonyl (C=O) groups is 1. The van der Waals surface area contributed by atoms with Gasteiger partial charge in [0.05, 0.1) is 17.0 Å². The summed E-state index contributed by atoms with van der Waals surface area (Å²) >= 11 is 0. The lowest BCUT2D eigenvalue weighted by Crippen LogP contribution is -2.48. The number of aromatic amines is 1. The zero-order chi connectivity index (χ0) is 26.6. The molecule has 8 nitrogen and oxygen atoms in total. The number of aromatic nitrogens is 5. The first-order chi connectivity index (χ1) is 18.3. The molecule has 4 heterocycles. The monoisotopic (exact) mass is 519 g/mol. The summed E-state index contributed by atoms with van der Waals surface area (Å²) in [5, 5.41) is 0. The molecule has 1 N–H and O–H groups in total. The highest BCUT2D eigenvalue weighted by Gasteiger charge is 2.25. The third-order valence-corrected chi connectivity index (χ3v) is 7.19. The van der Waals surface area contributed by atoms with E-state index in [-0.39, 0.29) is 22.8 Å². The number of nitrogens with zero attached hydrogens (tertiary/aromatic N) is 6. The lowest BCUT2D eigenvalue weighted by molar-refractivity contribution is 0.0747. The molecule has 0 saturated carbocycles. The van der Waals surface area contributed by atoms with Gasteiger partial charge in [0.2, 0.25) is 0 Å². The van der Waals surface area contributed by atoms with E-state index >= 15 is 0 Å². The second kappa shape index (κ2) is 9.16. The third-order valence-electron chi connectivity index (χ3n) is 7.19. The molecule has 11 heteroatoms. The fraction of sp³-hybridized carbons (Fsp3) is 0.259. The molecule has 3 aromatic heterocycles. The molecule has 1 amide bonds. The molecule has 0 radical (unpaired) electrons. The summed E-state index contributed by atoms with van der Waals surface area (Å²) in [4.78, 5) is 33.0. The van der Waals surface area contributed by atoms with Crippen LogP contribution in [0.5, 0.6) is 0 Å². The fourth-order valence-electron chi connectivity index (χ4n) is 5.05. The van der Waals surface area contributed by atoms with Gasteiger partial charge in [-0.05, 0) is 37.3 Å². The number of amides is 1. The predicted molar refractivity (Wildman–Crippen MR) is 137 cm³/mol. The van der Waals surface area contributed by atoms with Crippen molar-refractivity contribution in [3.05, 3.63) is 83.5 Å². The molecule has 6 rings (SSSR count). The molecule has 1 aliphatic rings. The van der Waals surface area contributed by atoms with Gasteiger partial charge in [0, 0.05) is 62.9 Å². The van der Waals surface area contributed by atoms with Crippen molar-refractivity contribution in [2.75, 3.05) is 31.1 Å². The number of anilines is 1. The molecule has 194 valence electrons. The number of nitrogens with one attached hydrogen (secondary N) is 1. The average Bonchev–Trinajstić information content (AvgIpc) is 3.54. The standard InChI is InChI=1S/C27H24F3N7O/c1-15(25-33-23-19(29)14-18(28)22(30)24(23)34-25)26-32-20-4-3-16(13-21(20)35(26)2)27(38)37-11-9-36(10-12-37)17-5-7-31-8-6-17/h3-8,13-15H,9-12H2,1-2H3,(H,33,34). The Hall–Kier alpha value is -4.41. The molecule has 38 heavy (non-hydrogen) atoms. The van der Waals surface area contributed by atoms with Crippen LogP contribution in [0.1, 0.15) is 34.8 Å². The number of hydrogen-bond acceptors (Lipinski definition) is 5. The van der Waals surface area contributed by atoms with Crippen molar-refractivity contribution in [2.24, 2.45) is 7.05 Å². The molecule has 0 aliphatic carbocycles. The molecular formula is C27H24F3N7O. The Morgan fingerprint density at radius 1 is 0.974 bits per heavy atom. The van der Waals surface area contributed by atoms with Crippen LogP contribution in [0, 0.1) is 17.5 Å². The number of carbonyl (C=O) groups excluding carboxylic acids is 1. The number of fused-ring (bicyclic) bond motifs is 2. The van der Waals surface area contributed by atoms with E-state index in [1.807, 2.05) is 34.7 Å². The van der Waals surface area contributed by atoms with Gasteiger partial charge in [-0.2, -0.15) is 0 Å². The predicted octanol–water partition coefficient (Wildman–Crippen LogP) is 4.38. The Kier molecular flexibility index (Phi) is 5.77. The number of aryl methyl sites for hydroxylation is 1. The third kappa shape index (κ3) is 3.94. The average molecular weight is 520 g/mol. The van der Waals surface area contributed by atoms with E-state index < -0.39 is 23.4 Å². The maximum Gasteiger partial charge on any atom is 0.254 e. The lowest BCUT2D eigenvalue weighted by Gasteiger charge is -2.36. The van der Waals surface area contributed by atoms with E-state index in [9.17, 15) is 18.0 Å². The number of imidazole rings is 2. The maximum atomic E-state index is 14.2. The summed E-state index contributed by atoms with van der Waals surface area (Å²) in [6.07, 6.45) is 3.52. The van der Waals surface area contributed by atoms with Crippen LogP contribution in [0.2, 0.25) is 0 Å². The summed E-state index contributed by atoms with van der Waals surface area (Å²) in [6.45, 7) is 4.46. The lowest BCUT2D eigenvalue weighted by atomic mass is 10.1. The van der Waals surface area contributed by atoms with Crippen LogP contribution in [-0.2, 0) is 7.05 Å². The molecule has 1 saturated heterocycles. The number of pyridine rings is 1. The second-order valence-corrected chi connectivity index (χ2v) is 9.44. The molecule has 1 fully saturated rings. The molecule has 2 aromatic carbocycles. The number of piperazine rings is 1. The van der Waals surface area contributed by atoms with E-state index in [0.29, 0.717) is 36.1 Å². The SMILES string of the molecule is CC(c1nc2c(F)cc(F)c(F)c2[nH]1)c1nc2ccc(C(=O)N3CCN(c4ccncc4)CC3)cc2n1C. The Labute approximate surface area is 215 Å². The highest BCUT2D eigenvalue weighted by molar-refractivity contribution is 5.97. The quantitative estimate of drug-likeness (QED) is 0.357. The Bertz CT molecular complexity index is 1670. The van der Waals surface area contributed by atoms with Crippen LogP contribution < -0.4 is 4.90 Å². The van der Waals surface area contributed by atoms with Gasteiger partial charge in [-0.3, -0.25) is 9.78 Å². The first-order valence-corrected chi connectivity index (χ1v) is 12.3. The Morgan fingerprint density at radius 3 is 2.45 bits per heavy atom. The van der Waals surface area contributed by atoms with E-state index in [1.165, 1.54) is 0 Å². The van der Waals surface area contributed by atoms with Gasteiger partial charge in [-0.15, -0.1) is 0 Å². The topological polar surface area (TPSA) is 82.9 Å². The van der Waals surface area contributed by atoms with E-state index in [2.05, 4.69) is 24.8 Å². The van der Waals surface area contributed by atoms with Crippen molar-refractivity contribution in [3.8, 4) is 0 Å². The Balaban J connectivity index is 1.25. The first kappa shape index (κ1) is 24.0. The van der Waals surface area contributed by atoms with Crippen molar-refractivity contribution in [1.29, 1.82) is 0 Å². The van der Waals surface area contributed by atoms with Crippen LogP contribution >= 0.6 is 0 Å². The largest absolute Gasteiger partial charge is 0.368 e. The van der Waals surface area contributed by atoms with Gasteiger partial charge in [0.25, 0.3) is 5.91 Å². The number of hydrogen-bond donors (Lipinski definition) is 1. The molecule has 1 unspecified atom stereocenters. The van der Waals surface area contributed by atoms with Crippen molar-refractivity contribution in [2.45, 2.75) is 12.8 Å². The van der Waals surface area contributed by atoms with E-state index in [4.69, 9.17) is 0 Å². The highest BCUT2D eigenvalue weighted by atomic mass is 19.2. The number of rotatable bonds is 4. The zero-order valence-electron chi connectivity index (χ0n) is 20.8. The summed E-state index contributed by atoms with van der Waals surface area (Å²) in [5.74, 6) is -3.10. The zero-order valence-corrected chi connectivity index (χ0v) is 20.8. The van der Waals surface area contributed by atoms with Gasteiger partial charge in [0.1, 0.15) is 22.7 Å². The summed E-state index contributed by atoms with van der Waals surface area (Å²) < 4.78 is 43.9. The van der Waals surface area contributed by atoms with Gasteiger partial charge < -0.3 is 19.4 Å². The minimum Gasteiger partial charge on any atom is -0.368 e. The molecule has 0 bridgehead atoms. The summed E-state index contributed by atoms with van der Waals surface area (Å²) in [7, 11) is 1.81. The van der Waals surface area contributed by atoms with Crippen molar-refractivity contribution < 1.29 is 18.0 Å². The maximum absolute atomic E-state index is 14.2. The van der Waals surface area contributed by atoms with Crippen molar-refractivity contribution in [1.82, 2.24) is 29.4 Å². The van der Waals surface area contributed by atoms with Gasteiger partial charge in [-0.25, -0.2) is 23.1 Å². The van der Waals surface area contributed by atoms with Crippen LogP contribution in [-0.4, -0.2) is 61.5 Å². The second-order valence-electron chi connectivity index (χ2n) is 9.44. The minimum absolute atomic E-state index is 0.0534. The highest BCUT2D eigenvalue weighted by Crippen LogP contribution is 2.29. The van der Waals surface area contributed by atoms with Crippen molar-refractivity contribution >= 4 is 33.7 Å². The molecular weight excluding hydrogens is 495 g/mol. The van der Waals surface area contributed by atoms with Crippen LogP contribution in [0.3, 0.4) is 0 Å². The smallest absolute Gasteiger partial charge is 0.254 e. The first-order valence-electron chi connectivity index (χ1n) is 12.3. The fourth-order valence-corrected chi connectivity index (χ4v) is 5.05. The summed E-state index contributed by atoms with van der Waals surface area (Å²) in [5.41, 5.74) is 2.48. The molecule has 0 spiro atoms. The van der Waals surface area contributed by atoms with Gasteiger partial charge in [0.15, 0.2) is 17.5 Å².